The fraction of sp³-hybridized carbons (Fsp3) is 0.500. The van der Waals surface area contributed by atoms with Crippen LogP contribution in [0.15, 0.2) is 18.2 Å². The van der Waals surface area contributed by atoms with Gasteiger partial charge in [0.25, 0.3) is 0 Å². The Morgan fingerprint density at radius 3 is 2.88 bits per heavy atom. The normalized spacial score (nSPS) is 20.9. The van der Waals surface area contributed by atoms with Crippen LogP contribution in [-0.2, 0) is 0 Å². The zero-order valence-corrected chi connectivity index (χ0v) is 10.1. The minimum Gasteiger partial charge on any atom is -0.368 e. The first-order chi connectivity index (χ1) is 7.72. The number of benzene rings is 1. The van der Waals surface area contributed by atoms with Crippen LogP contribution in [0.3, 0.4) is 0 Å². The van der Waals surface area contributed by atoms with Crippen molar-refractivity contribution in [1.82, 2.24) is 0 Å². The topological polar surface area (TPSA) is 20.3 Å². The van der Waals surface area contributed by atoms with Crippen LogP contribution in [-0.4, -0.2) is 18.9 Å². The maximum Gasteiger partial charge on any atom is 0.152 e. The number of aldehydes is 1. The van der Waals surface area contributed by atoms with Crippen LogP contribution in [0, 0.1) is 6.92 Å². The molecular formula is C14H19NO. The first-order valence-electron chi connectivity index (χ1n) is 6.05. The lowest BCUT2D eigenvalue weighted by atomic mass is 10.0. The smallest absolute Gasteiger partial charge is 0.152 e. The number of piperidine rings is 1. The molecule has 1 unspecified atom stereocenters. The van der Waals surface area contributed by atoms with Crippen molar-refractivity contribution < 1.29 is 4.79 Å². The second-order valence-electron chi connectivity index (χ2n) is 4.72. The van der Waals surface area contributed by atoms with E-state index in [1.165, 1.54) is 19.3 Å². The molecule has 0 saturated carbocycles. The minimum atomic E-state index is 0.551. The van der Waals surface area contributed by atoms with Gasteiger partial charge in [-0.3, -0.25) is 4.79 Å². The highest BCUT2D eigenvalue weighted by molar-refractivity contribution is 5.85. The average Bonchev–Trinajstić information content (AvgIpc) is 2.30. The SMILES string of the molecule is Cc1ccc(N2CCCCC2C)c(C=O)c1. The van der Waals surface area contributed by atoms with E-state index < -0.39 is 0 Å². The number of carbonyl (C=O) groups is 1. The van der Waals surface area contributed by atoms with Gasteiger partial charge in [0.1, 0.15) is 0 Å². The van der Waals surface area contributed by atoms with Crippen LogP contribution in [0.4, 0.5) is 5.69 Å². The second kappa shape index (κ2) is 4.69. The molecule has 1 aromatic rings. The lowest BCUT2D eigenvalue weighted by molar-refractivity contribution is 0.112. The summed E-state index contributed by atoms with van der Waals surface area (Å²) >= 11 is 0. The predicted molar refractivity (Wildman–Crippen MR) is 67.2 cm³/mol. The van der Waals surface area contributed by atoms with Gasteiger partial charge in [-0.2, -0.15) is 0 Å². The summed E-state index contributed by atoms with van der Waals surface area (Å²) in [5, 5.41) is 0. The van der Waals surface area contributed by atoms with Gasteiger partial charge in [-0.05, 0) is 45.2 Å². The van der Waals surface area contributed by atoms with Crippen LogP contribution in [0.5, 0.6) is 0 Å². The number of nitrogens with zero attached hydrogens (tertiary/aromatic N) is 1. The monoisotopic (exact) mass is 217 g/mol. The molecule has 2 nitrogen and oxygen atoms in total. The highest BCUT2D eigenvalue weighted by Gasteiger charge is 2.20. The molecule has 16 heavy (non-hydrogen) atoms. The van der Waals surface area contributed by atoms with E-state index >= 15 is 0 Å². The maximum atomic E-state index is 11.1. The Hall–Kier alpha value is -1.31. The van der Waals surface area contributed by atoms with Gasteiger partial charge in [0.05, 0.1) is 0 Å². The first-order valence-corrected chi connectivity index (χ1v) is 6.05. The summed E-state index contributed by atoms with van der Waals surface area (Å²) < 4.78 is 0. The van der Waals surface area contributed by atoms with Crippen molar-refractivity contribution in [3.63, 3.8) is 0 Å². The summed E-state index contributed by atoms with van der Waals surface area (Å²) in [6, 6.07) is 6.70. The van der Waals surface area contributed by atoms with Gasteiger partial charge in [-0.1, -0.05) is 11.6 Å². The molecule has 1 fully saturated rings. The Morgan fingerprint density at radius 1 is 1.38 bits per heavy atom. The molecule has 86 valence electrons. The molecule has 1 aromatic carbocycles. The molecule has 0 amide bonds. The van der Waals surface area contributed by atoms with E-state index in [0.29, 0.717) is 6.04 Å². The van der Waals surface area contributed by atoms with Gasteiger partial charge in [-0.15, -0.1) is 0 Å². The predicted octanol–water partition coefficient (Wildman–Crippen LogP) is 3.19. The van der Waals surface area contributed by atoms with E-state index in [9.17, 15) is 4.79 Å². The molecule has 2 rings (SSSR count). The third kappa shape index (κ3) is 2.11. The van der Waals surface area contributed by atoms with Crippen molar-refractivity contribution in [3.05, 3.63) is 29.3 Å². The molecule has 0 aliphatic carbocycles. The Morgan fingerprint density at radius 2 is 2.19 bits per heavy atom. The highest BCUT2D eigenvalue weighted by atomic mass is 16.1. The van der Waals surface area contributed by atoms with Gasteiger partial charge >= 0.3 is 0 Å². The molecule has 2 heteroatoms. The summed E-state index contributed by atoms with van der Waals surface area (Å²) in [4.78, 5) is 13.5. The highest BCUT2D eigenvalue weighted by Crippen LogP contribution is 2.27. The van der Waals surface area contributed by atoms with E-state index in [1.807, 2.05) is 13.0 Å². The molecule has 0 N–H and O–H groups in total. The Balaban J connectivity index is 2.34. The zero-order valence-electron chi connectivity index (χ0n) is 10.1. The molecule has 1 atom stereocenters. The van der Waals surface area contributed by atoms with Crippen LogP contribution in [0.2, 0.25) is 0 Å². The molecular weight excluding hydrogens is 198 g/mol. The lowest BCUT2D eigenvalue weighted by Crippen LogP contribution is -2.38. The number of rotatable bonds is 2. The average molecular weight is 217 g/mol. The number of anilines is 1. The Kier molecular flexibility index (Phi) is 3.28. The quantitative estimate of drug-likeness (QED) is 0.709. The molecule has 0 radical (unpaired) electrons. The van der Waals surface area contributed by atoms with Crippen LogP contribution in [0.1, 0.15) is 42.1 Å². The molecule has 0 bridgehead atoms. The van der Waals surface area contributed by atoms with E-state index in [2.05, 4.69) is 24.0 Å². The lowest BCUT2D eigenvalue weighted by Gasteiger charge is -2.36. The fourth-order valence-electron chi connectivity index (χ4n) is 2.49. The molecule has 1 heterocycles. The molecule has 0 spiro atoms. The third-order valence-corrected chi connectivity index (χ3v) is 3.42. The maximum absolute atomic E-state index is 11.1. The summed E-state index contributed by atoms with van der Waals surface area (Å²) in [6.45, 7) is 5.34. The van der Waals surface area contributed by atoms with Gasteiger partial charge in [-0.25, -0.2) is 0 Å². The summed E-state index contributed by atoms with van der Waals surface area (Å²) in [5.74, 6) is 0. The zero-order chi connectivity index (χ0) is 11.5. The van der Waals surface area contributed by atoms with E-state index in [4.69, 9.17) is 0 Å². The first kappa shape index (κ1) is 11.2. The molecule has 1 saturated heterocycles. The largest absolute Gasteiger partial charge is 0.368 e. The van der Waals surface area contributed by atoms with Crippen molar-refractivity contribution in [2.45, 2.75) is 39.2 Å². The molecule has 1 aliphatic rings. The van der Waals surface area contributed by atoms with Crippen molar-refractivity contribution in [1.29, 1.82) is 0 Å². The van der Waals surface area contributed by atoms with Gasteiger partial charge < -0.3 is 4.90 Å². The van der Waals surface area contributed by atoms with Crippen LogP contribution in [0.25, 0.3) is 0 Å². The van der Waals surface area contributed by atoms with E-state index in [1.54, 1.807) is 0 Å². The van der Waals surface area contributed by atoms with E-state index in [-0.39, 0.29) is 0 Å². The van der Waals surface area contributed by atoms with Crippen molar-refractivity contribution in [2.75, 3.05) is 11.4 Å². The van der Waals surface area contributed by atoms with Gasteiger partial charge in [0.15, 0.2) is 6.29 Å². The van der Waals surface area contributed by atoms with Gasteiger partial charge in [0.2, 0.25) is 0 Å². The Bertz CT molecular complexity index is 386. The number of hydrogen-bond donors (Lipinski definition) is 0. The Labute approximate surface area is 97.3 Å². The summed E-state index contributed by atoms with van der Waals surface area (Å²) in [7, 11) is 0. The minimum absolute atomic E-state index is 0.551. The fourth-order valence-corrected chi connectivity index (χ4v) is 2.49. The second-order valence-corrected chi connectivity index (χ2v) is 4.72. The standard InChI is InChI=1S/C14H19NO/c1-11-6-7-14(13(9-11)10-16)15-8-4-3-5-12(15)2/h6-7,9-10,12H,3-5,8H2,1-2H3. The van der Waals surface area contributed by atoms with Crippen molar-refractivity contribution >= 4 is 12.0 Å². The van der Waals surface area contributed by atoms with Crippen LogP contribution < -0.4 is 4.90 Å². The summed E-state index contributed by atoms with van der Waals surface area (Å²) in [5.41, 5.74) is 3.08. The number of hydrogen-bond acceptors (Lipinski definition) is 2. The molecule has 1 aliphatic heterocycles. The number of aryl methyl sites for hydroxylation is 1. The molecule has 0 aromatic heterocycles. The van der Waals surface area contributed by atoms with Crippen molar-refractivity contribution in [2.24, 2.45) is 0 Å². The summed E-state index contributed by atoms with van der Waals surface area (Å²) in [6.07, 6.45) is 4.74. The van der Waals surface area contributed by atoms with Gasteiger partial charge in [0, 0.05) is 23.8 Å². The van der Waals surface area contributed by atoms with Crippen molar-refractivity contribution in [3.8, 4) is 0 Å². The van der Waals surface area contributed by atoms with E-state index in [0.717, 1.165) is 29.6 Å². The third-order valence-electron chi connectivity index (χ3n) is 3.42. The number of carbonyl (C=O) groups excluding carboxylic acids is 1. The van der Waals surface area contributed by atoms with Crippen LogP contribution >= 0.6 is 0 Å².